The van der Waals surface area contributed by atoms with Gasteiger partial charge in [-0.2, -0.15) is 0 Å². The maximum Gasteiger partial charge on any atom is 0.193 e. The summed E-state index contributed by atoms with van der Waals surface area (Å²) in [6.07, 6.45) is 5.88. The molecule has 1 unspecified atom stereocenters. The minimum Gasteiger partial charge on any atom is -0.497 e. The van der Waals surface area contributed by atoms with Gasteiger partial charge in [-0.3, -0.25) is 0 Å². The lowest BCUT2D eigenvalue weighted by Gasteiger charge is -2.43. The highest BCUT2D eigenvalue weighted by Gasteiger charge is 2.38. The minimum absolute atomic E-state index is 0.357. The minimum atomic E-state index is -0.357. The molecule has 22 heavy (non-hydrogen) atoms. The van der Waals surface area contributed by atoms with Gasteiger partial charge < -0.3 is 20.1 Å². The first kappa shape index (κ1) is 14.7. The molecule has 0 aliphatic carbocycles. The molecule has 1 aromatic rings. The van der Waals surface area contributed by atoms with Crippen LogP contribution < -0.4 is 15.4 Å². The van der Waals surface area contributed by atoms with Gasteiger partial charge in [0.2, 0.25) is 0 Å². The topological polar surface area (TPSA) is 42.5 Å². The van der Waals surface area contributed by atoms with Crippen LogP contribution in [0.15, 0.2) is 43.2 Å². The largest absolute Gasteiger partial charge is 0.497 e. The molecule has 1 aromatic carbocycles. The Labute approximate surface area is 131 Å². The Hall–Kier alpha value is -2.20. The molecule has 1 atom stereocenters. The molecule has 1 saturated heterocycles. The zero-order valence-corrected chi connectivity index (χ0v) is 12.9. The van der Waals surface area contributed by atoms with Crippen molar-refractivity contribution in [3.05, 3.63) is 54.3 Å². The fourth-order valence-electron chi connectivity index (χ4n) is 2.88. The number of rotatable bonds is 3. The Kier molecular flexibility index (Phi) is 3.94. The summed E-state index contributed by atoms with van der Waals surface area (Å²) in [6.45, 7) is 9.78. The van der Waals surface area contributed by atoms with Gasteiger partial charge in [-0.15, -0.1) is 0 Å². The average molecular weight is 298 g/mol. The normalized spacial score (nSPS) is 23.8. The Bertz CT molecular complexity index is 628. The standard InChI is InChI=1S/C18H22N2O2/c1-13(21-3)5-6-15-7-8-17-16(11-15)14(2)20-18(22-17)9-4-10-19-12-18/h5-8,11,19-20H,1-2,4,9-10,12H2,3H3/b6-5+. The second-order valence-electron chi connectivity index (χ2n) is 5.74. The van der Waals surface area contributed by atoms with Crippen molar-refractivity contribution in [2.24, 2.45) is 0 Å². The molecule has 0 aromatic heterocycles. The van der Waals surface area contributed by atoms with Crippen LogP contribution in [0, 0.1) is 0 Å². The van der Waals surface area contributed by atoms with Gasteiger partial charge in [-0.1, -0.05) is 25.3 Å². The monoisotopic (exact) mass is 298 g/mol. The van der Waals surface area contributed by atoms with Crippen LogP contribution in [-0.4, -0.2) is 25.9 Å². The summed E-state index contributed by atoms with van der Waals surface area (Å²) in [5.41, 5.74) is 2.61. The summed E-state index contributed by atoms with van der Waals surface area (Å²) in [6, 6.07) is 6.10. The van der Waals surface area contributed by atoms with E-state index >= 15 is 0 Å². The molecule has 0 radical (unpaired) electrons. The summed E-state index contributed by atoms with van der Waals surface area (Å²) in [7, 11) is 1.61. The van der Waals surface area contributed by atoms with Crippen LogP contribution in [0.4, 0.5) is 0 Å². The molecule has 0 amide bonds. The number of methoxy groups -OCH3 is 1. The van der Waals surface area contributed by atoms with Crippen LogP contribution in [0.5, 0.6) is 5.75 Å². The molecular weight excluding hydrogens is 276 g/mol. The molecule has 0 bridgehead atoms. The zero-order chi connectivity index (χ0) is 15.6. The van der Waals surface area contributed by atoms with Gasteiger partial charge in [-0.25, -0.2) is 0 Å². The summed E-state index contributed by atoms with van der Waals surface area (Å²) in [5.74, 6) is 1.51. The maximum atomic E-state index is 6.23. The maximum absolute atomic E-state index is 6.23. The van der Waals surface area contributed by atoms with E-state index in [1.807, 2.05) is 24.3 Å². The van der Waals surface area contributed by atoms with E-state index in [4.69, 9.17) is 9.47 Å². The molecule has 2 aliphatic rings. The van der Waals surface area contributed by atoms with E-state index in [2.05, 4.69) is 29.9 Å². The molecule has 2 N–H and O–H groups in total. The van der Waals surface area contributed by atoms with Gasteiger partial charge >= 0.3 is 0 Å². The molecule has 0 saturated carbocycles. The predicted molar refractivity (Wildman–Crippen MR) is 89.3 cm³/mol. The third-order valence-electron chi connectivity index (χ3n) is 4.08. The first-order valence-corrected chi connectivity index (χ1v) is 7.54. The first-order chi connectivity index (χ1) is 10.6. The third kappa shape index (κ3) is 2.88. The molecule has 4 heteroatoms. The highest BCUT2D eigenvalue weighted by Crippen LogP contribution is 2.36. The summed E-state index contributed by atoms with van der Waals surface area (Å²) < 4.78 is 11.3. The van der Waals surface area contributed by atoms with E-state index in [9.17, 15) is 0 Å². The zero-order valence-electron chi connectivity index (χ0n) is 12.9. The Morgan fingerprint density at radius 1 is 1.45 bits per heavy atom. The number of benzene rings is 1. The van der Waals surface area contributed by atoms with Crippen molar-refractivity contribution in [1.82, 2.24) is 10.6 Å². The number of hydrogen-bond acceptors (Lipinski definition) is 4. The van der Waals surface area contributed by atoms with Gasteiger partial charge in [0.1, 0.15) is 11.5 Å². The van der Waals surface area contributed by atoms with Crippen LogP contribution in [-0.2, 0) is 4.74 Å². The van der Waals surface area contributed by atoms with Crippen molar-refractivity contribution < 1.29 is 9.47 Å². The number of piperidine rings is 1. The van der Waals surface area contributed by atoms with Gasteiger partial charge in [-0.05, 0) is 36.7 Å². The smallest absolute Gasteiger partial charge is 0.193 e. The number of ether oxygens (including phenoxy) is 2. The van der Waals surface area contributed by atoms with Crippen LogP contribution in [0.2, 0.25) is 0 Å². The van der Waals surface area contributed by atoms with E-state index < -0.39 is 0 Å². The van der Waals surface area contributed by atoms with Crippen molar-refractivity contribution in [3.8, 4) is 5.75 Å². The average Bonchev–Trinajstić information content (AvgIpc) is 2.53. The molecule has 2 aliphatic heterocycles. The fourth-order valence-corrected chi connectivity index (χ4v) is 2.88. The second-order valence-corrected chi connectivity index (χ2v) is 5.74. The van der Waals surface area contributed by atoms with E-state index in [1.54, 1.807) is 7.11 Å². The Morgan fingerprint density at radius 3 is 3.05 bits per heavy atom. The molecule has 1 fully saturated rings. The lowest BCUT2D eigenvalue weighted by molar-refractivity contribution is 0.0188. The number of allylic oxidation sites excluding steroid dienone is 1. The van der Waals surface area contributed by atoms with Crippen LogP contribution in [0.3, 0.4) is 0 Å². The highest BCUT2D eigenvalue weighted by molar-refractivity contribution is 5.72. The van der Waals surface area contributed by atoms with Crippen molar-refractivity contribution >= 4 is 11.8 Å². The molecule has 1 spiro atoms. The SMILES string of the molecule is C=C(/C=C/c1ccc2c(c1)C(=C)NC1(CCCNC1)O2)OC. The molecule has 4 nitrogen and oxygen atoms in total. The van der Waals surface area contributed by atoms with Crippen molar-refractivity contribution in [1.29, 1.82) is 0 Å². The summed E-state index contributed by atoms with van der Waals surface area (Å²) in [4.78, 5) is 0. The first-order valence-electron chi connectivity index (χ1n) is 7.54. The van der Waals surface area contributed by atoms with Gasteiger partial charge in [0.05, 0.1) is 13.7 Å². The molecular formula is C18H22N2O2. The Morgan fingerprint density at radius 2 is 2.32 bits per heavy atom. The lowest BCUT2D eigenvalue weighted by Crippen LogP contribution is -2.60. The van der Waals surface area contributed by atoms with Gasteiger partial charge in [0.15, 0.2) is 5.72 Å². The lowest BCUT2D eigenvalue weighted by atomic mass is 9.97. The van der Waals surface area contributed by atoms with Crippen LogP contribution in [0.1, 0.15) is 24.0 Å². The quantitative estimate of drug-likeness (QED) is 0.665. The summed E-state index contributed by atoms with van der Waals surface area (Å²) >= 11 is 0. The molecule has 3 rings (SSSR count). The number of fused-ring (bicyclic) bond motifs is 1. The number of hydrogen-bond donors (Lipinski definition) is 2. The van der Waals surface area contributed by atoms with Crippen LogP contribution in [0.25, 0.3) is 11.8 Å². The molecule has 116 valence electrons. The van der Waals surface area contributed by atoms with Crippen LogP contribution >= 0.6 is 0 Å². The van der Waals surface area contributed by atoms with E-state index in [0.717, 1.165) is 48.5 Å². The van der Waals surface area contributed by atoms with Gasteiger partial charge in [0, 0.05) is 17.7 Å². The predicted octanol–water partition coefficient (Wildman–Crippen LogP) is 2.89. The second kappa shape index (κ2) is 5.89. The number of nitrogens with one attached hydrogen (secondary N) is 2. The van der Waals surface area contributed by atoms with Gasteiger partial charge in [0.25, 0.3) is 0 Å². The third-order valence-corrected chi connectivity index (χ3v) is 4.08. The van der Waals surface area contributed by atoms with Crippen molar-refractivity contribution in [2.45, 2.75) is 18.6 Å². The fraction of sp³-hybridized carbons (Fsp3) is 0.333. The van der Waals surface area contributed by atoms with Crippen molar-refractivity contribution in [3.63, 3.8) is 0 Å². The van der Waals surface area contributed by atoms with E-state index in [-0.39, 0.29) is 5.72 Å². The van der Waals surface area contributed by atoms with Crippen molar-refractivity contribution in [2.75, 3.05) is 20.2 Å². The summed E-state index contributed by atoms with van der Waals surface area (Å²) in [5, 5.41) is 6.83. The molecule has 2 heterocycles. The van der Waals surface area contributed by atoms with E-state index in [0.29, 0.717) is 5.76 Å². The highest BCUT2D eigenvalue weighted by atomic mass is 16.5. The van der Waals surface area contributed by atoms with E-state index in [1.165, 1.54) is 0 Å². The Balaban J connectivity index is 1.85.